The molecule has 0 spiro atoms. The van der Waals surface area contributed by atoms with Crippen molar-refractivity contribution in [1.29, 1.82) is 0 Å². The molecule has 2 heterocycles. The highest BCUT2D eigenvalue weighted by molar-refractivity contribution is 5.92. The van der Waals surface area contributed by atoms with Crippen molar-refractivity contribution in [2.45, 2.75) is 0 Å². The zero-order chi connectivity index (χ0) is 19.9. The Morgan fingerprint density at radius 1 is 1.07 bits per heavy atom. The second-order valence-corrected chi connectivity index (χ2v) is 6.15. The SMILES string of the molecule is O=C(C=Cc1cccc(F)c1)OCC(=O)N1CCN(C(=O)c2ccco2)CC1. The number of nitrogens with zero attached hydrogens (tertiary/aromatic N) is 2. The maximum Gasteiger partial charge on any atom is 0.331 e. The van der Waals surface area contributed by atoms with Crippen LogP contribution < -0.4 is 0 Å². The zero-order valence-corrected chi connectivity index (χ0v) is 15.0. The largest absolute Gasteiger partial charge is 0.459 e. The lowest BCUT2D eigenvalue weighted by Gasteiger charge is -2.34. The summed E-state index contributed by atoms with van der Waals surface area (Å²) in [6, 6.07) is 8.98. The molecule has 1 saturated heterocycles. The van der Waals surface area contributed by atoms with Gasteiger partial charge in [-0.3, -0.25) is 9.59 Å². The van der Waals surface area contributed by atoms with Gasteiger partial charge in [0.25, 0.3) is 11.8 Å². The van der Waals surface area contributed by atoms with Crippen LogP contribution in [0.15, 0.2) is 53.2 Å². The van der Waals surface area contributed by atoms with E-state index in [1.165, 1.54) is 35.4 Å². The Morgan fingerprint density at radius 2 is 1.82 bits per heavy atom. The van der Waals surface area contributed by atoms with Gasteiger partial charge in [0, 0.05) is 32.3 Å². The van der Waals surface area contributed by atoms with E-state index >= 15 is 0 Å². The maximum absolute atomic E-state index is 13.1. The Hall–Kier alpha value is -3.42. The summed E-state index contributed by atoms with van der Waals surface area (Å²) < 4.78 is 23.1. The van der Waals surface area contributed by atoms with Crippen molar-refractivity contribution < 1.29 is 27.9 Å². The maximum atomic E-state index is 13.1. The first-order valence-electron chi connectivity index (χ1n) is 8.74. The van der Waals surface area contributed by atoms with Gasteiger partial charge in [0.15, 0.2) is 12.4 Å². The standard InChI is InChI=1S/C20H19FN2O5/c21-16-4-1-3-15(13-16)6-7-19(25)28-14-18(24)22-8-10-23(11-9-22)20(26)17-5-2-12-27-17/h1-7,12-13H,8-11,14H2. The molecule has 1 aliphatic heterocycles. The third-order valence-corrected chi connectivity index (χ3v) is 4.25. The molecule has 0 unspecified atom stereocenters. The van der Waals surface area contributed by atoms with Gasteiger partial charge < -0.3 is 19.0 Å². The molecule has 0 radical (unpaired) electrons. The fraction of sp³-hybridized carbons (Fsp3) is 0.250. The number of esters is 1. The van der Waals surface area contributed by atoms with Gasteiger partial charge in [-0.25, -0.2) is 9.18 Å². The summed E-state index contributed by atoms with van der Waals surface area (Å²) in [5.74, 6) is -1.39. The summed E-state index contributed by atoms with van der Waals surface area (Å²) in [6.07, 6.45) is 3.99. The van der Waals surface area contributed by atoms with Crippen LogP contribution in [0.5, 0.6) is 0 Å². The number of hydrogen-bond acceptors (Lipinski definition) is 5. The van der Waals surface area contributed by atoms with Gasteiger partial charge in [0.1, 0.15) is 5.82 Å². The normalized spacial score (nSPS) is 14.3. The zero-order valence-electron chi connectivity index (χ0n) is 15.0. The molecule has 0 N–H and O–H groups in total. The molecular formula is C20H19FN2O5. The Kier molecular flexibility index (Phi) is 6.21. The topological polar surface area (TPSA) is 80.1 Å². The number of benzene rings is 1. The first-order chi connectivity index (χ1) is 13.5. The van der Waals surface area contributed by atoms with E-state index in [0.29, 0.717) is 31.7 Å². The quantitative estimate of drug-likeness (QED) is 0.580. The predicted octanol–water partition coefficient (Wildman–Crippen LogP) is 1.96. The van der Waals surface area contributed by atoms with E-state index in [4.69, 9.17) is 9.15 Å². The van der Waals surface area contributed by atoms with Gasteiger partial charge in [-0.1, -0.05) is 12.1 Å². The van der Waals surface area contributed by atoms with Crippen LogP contribution in [0.2, 0.25) is 0 Å². The van der Waals surface area contributed by atoms with Crippen molar-refractivity contribution in [3.05, 3.63) is 65.9 Å². The highest BCUT2D eigenvalue weighted by atomic mass is 19.1. The minimum atomic E-state index is -0.691. The van der Waals surface area contributed by atoms with Gasteiger partial charge in [-0.05, 0) is 35.9 Å². The summed E-state index contributed by atoms with van der Waals surface area (Å²) in [5, 5.41) is 0. The smallest absolute Gasteiger partial charge is 0.331 e. The Balaban J connectivity index is 1.42. The summed E-state index contributed by atoms with van der Waals surface area (Å²) in [5.41, 5.74) is 0.514. The summed E-state index contributed by atoms with van der Waals surface area (Å²) in [4.78, 5) is 39.2. The minimum absolute atomic E-state index is 0.217. The van der Waals surface area contributed by atoms with Crippen LogP contribution in [0.25, 0.3) is 6.08 Å². The number of halogens is 1. The molecule has 0 bridgehead atoms. The van der Waals surface area contributed by atoms with Crippen molar-refractivity contribution in [2.75, 3.05) is 32.8 Å². The minimum Gasteiger partial charge on any atom is -0.459 e. The molecule has 3 rings (SSSR count). The van der Waals surface area contributed by atoms with Crippen molar-refractivity contribution in [2.24, 2.45) is 0 Å². The van der Waals surface area contributed by atoms with Crippen LogP contribution in [0.4, 0.5) is 4.39 Å². The van der Waals surface area contributed by atoms with E-state index in [2.05, 4.69) is 0 Å². The summed E-state index contributed by atoms with van der Waals surface area (Å²) >= 11 is 0. The highest BCUT2D eigenvalue weighted by Crippen LogP contribution is 2.10. The molecule has 2 amide bonds. The third-order valence-electron chi connectivity index (χ3n) is 4.25. The molecule has 28 heavy (non-hydrogen) atoms. The number of piperazine rings is 1. The molecule has 2 aromatic rings. The van der Waals surface area contributed by atoms with Crippen LogP contribution in [0, 0.1) is 5.82 Å². The van der Waals surface area contributed by atoms with E-state index in [-0.39, 0.29) is 17.6 Å². The average molecular weight is 386 g/mol. The van der Waals surface area contributed by atoms with Crippen LogP contribution >= 0.6 is 0 Å². The fourth-order valence-corrected chi connectivity index (χ4v) is 2.76. The molecule has 0 atom stereocenters. The number of carbonyl (C=O) groups excluding carboxylic acids is 3. The lowest BCUT2D eigenvalue weighted by atomic mass is 10.2. The van der Waals surface area contributed by atoms with Crippen molar-refractivity contribution in [1.82, 2.24) is 9.80 Å². The lowest BCUT2D eigenvalue weighted by Crippen LogP contribution is -2.51. The first-order valence-corrected chi connectivity index (χ1v) is 8.74. The Bertz CT molecular complexity index is 870. The second-order valence-electron chi connectivity index (χ2n) is 6.15. The van der Waals surface area contributed by atoms with Gasteiger partial charge >= 0.3 is 5.97 Å². The predicted molar refractivity (Wildman–Crippen MR) is 97.6 cm³/mol. The molecule has 1 aromatic carbocycles. The number of furan rings is 1. The number of rotatable bonds is 5. The van der Waals surface area contributed by atoms with E-state index in [9.17, 15) is 18.8 Å². The molecule has 146 valence electrons. The van der Waals surface area contributed by atoms with E-state index in [1.807, 2.05) is 0 Å². The fourth-order valence-electron chi connectivity index (χ4n) is 2.76. The first kappa shape index (κ1) is 19.3. The summed E-state index contributed by atoms with van der Waals surface area (Å²) in [7, 11) is 0. The Morgan fingerprint density at radius 3 is 2.50 bits per heavy atom. The molecule has 0 saturated carbocycles. The lowest BCUT2D eigenvalue weighted by molar-refractivity contribution is -0.148. The number of amides is 2. The highest BCUT2D eigenvalue weighted by Gasteiger charge is 2.26. The molecule has 1 aliphatic rings. The molecule has 8 heteroatoms. The summed E-state index contributed by atoms with van der Waals surface area (Å²) in [6.45, 7) is 1.06. The van der Waals surface area contributed by atoms with Crippen LogP contribution in [-0.2, 0) is 14.3 Å². The van der Waals surface area contributed by atoms with Crippen molar-refractivity contribution >= 4 is 23.9 Å². The van der Waals surface area contributed by atoms with Gasteiger partial charge in [0.05, 0.1) is 6.26 Å². The molecular weight excluding hydrogens is 367 g/mol. The Labute approximate surface area is 161 Å². The number of carbonyl (C=O) groups is 3. The van der Waals surface area contributed by atoms with Crippen molar-refractivity contribution in [3.8, 4) is 0 Å². The number of hydrogen-bond donors (Lipinski definition) is 0. The third kappa shape index (κ3) is 5.06. The van der Waals surface area contributed by atoms with E-state index in [1.54, 1.807) is 23.1 Å². The van der Waals surface area contributed by atoms with Gasteiger partial charge in [-0.2, -0.15) is 0 Å². The van der Waals surface area contributed by atoms with Crippen LogP contribution in [0.1, 0.15) is 16.1 Å². The monoisotopic (exact) mass is 386 g/mol. The molecule has 0 aliphatic carbocycles. The van der Waals surface area contributed by atoms with Gasteiger partial charge in [-0.15, -0.1) is 0 Å². The van der Waals surface area contributed by atoms with Crippen LogP contribution in [-0.4, -0.2) is 60.4 Å². The molecule has 1 fully saturated rings. The second kappa shape index (κ2) is 8.98. The van der Waals surface area contributed by atoms with Crippen LogP contribution in [0.3, 0.4) is 0 Å². The van der Waals surface area contributed by atoms with E-state index in [0.717, 1.165) is 6.08 Å². The molecule has 1 aromatic heterocycles. The molecule has 7 nitrogen and oxygen atoms in total. The van der Waals surface area contributed by atoms with Gasteiger partial charge in [0.2, 0.25) is 0 Å². The van der Waals surface area contributed by atoms with Crippen molar-refractivity contribution in [3.63, 3.8) is 0 Å². The van der Waals surface area contributed by atoms with E-state index < -0.39 is 18.4 Å². The number of ether oxygens (including phenoxy) is 1. The average Bonchev–Trinajstić information content (AvgIpc) is 3.25.